The predicted octanol–water partition coefficient (Wildman–Crippen LogP) is 5.49. The first-order valence-electron chi connectivity index (χ1n) is 12.0. The Morgan fingerprint density at radius 3 is 1.45 bits per heavy atom. The summed E-state index contributed by atoms with van der Waals surface area (Å²) in [6.07, 6.45) is 19.0. The zero-order valence-electron chi connectivity index (χ0n) is 19.2. The van der Waals surface area contributed by atoms with Gasteiger partial charge in [-0.25, -0.2) is 4.79 Å². The first-order valence-corrected chi connectivity index (χ1v) is 12.0. The maximum atomic E-state index is 11.8. The Hall–Kier alpha value is -0.940. The molecule has 0 saturated carbocycles. The molecule has 0 radical (unpaired) electrons. The molecule has 0 aliphatic carbocycles. The van der Waals surface area contributed by atoms with Crippen molar-refractivity contribution in [3.8, 4) is 0 Å². The Morgan fingerprint density at radius 1 is 0.759 bits per heavy atom. The van der Waals surface area contributed by atoms with Gasteiger partial charge in [-0.05, 0) is 20.3 Å². The van der Waals surface area contributed by atoms with E-state index in [0.29, 0.717) is 0 Å². The number of Topliss-reactive ketones (excluding diaryl/α,β-unsaturated/α-hetero) is 1. The number of unbranched alkanes of at least 4 members (excludes halogenated alkanes) is 15. The molecule has 0 aromatic rings. The van der Waals surface area contributed by atoms with Gasteiger partial charge >= 0.3 is 5.97 Å². The zero-order chi connectivity index (χ0) is 22.0. The molecule has 0 saturated heterocycles. The van der Waals surface area contributed by atoms with Gasteiger partial charge in [0, 0.05) is 0 Å². The van der Waals surface area contributed by atoms with Gasteiger partial charge in [-0.1, -0.05) is 103 Å². The summed E-state index contributed by atoms with van der Waals surface area (Å²) in [5.74, 6) is -1.92. The molecule has 2 N–H and O–H groups in total. The van der Waals surface area contributed by atoms with Crippen LogP contribution in [0.2, 0.25) is 0 Å². The van der Waals surface area contributed by atoms with Gasteiger partial charge in [0.15, 0.2) is 0 Å². The van der Waals surface area contributed by atoms with Crippen LogP contribution in [0.15, 0.2) is 0 Å². The van der Waals surface area contributed by atoms with Crippen molar-refractivity contribution in [3.63, 3.8) is 0 Å². The van der Waals surface area contributed by atoms with E-state index in [1.165, 1.54) is 90.4 Å². The van der Waals surface area contributed by atoms with Crippen molar-refractivity contribution in [3.05, 3.63) is 0 Å². The fraction of sp³-hybridized carbons (Fsp3) is 0.917. The summed E-state index contributed by atoms with van der Waals surface area (Å²) < 4.78 is 4.98. The molecule has 2 unspecified atom stereocenters. The quantitative estimate of drug-likeness (QED) is 0.156. The first kappa shape index (κ1) is 28.1. The molecule has 0 rings (SSSR count). The summed E-state index contributed by atoms with van der Waals surface area (Å²) in [6.45, 7) is 4.74. The normalized spacial score (nSPS) is 14.4. The number of aliphatic hydroxyl groups is 2. The van der Waals surface area contributed by atoms with E-state index >= 15 is 0 Å². The Bertz CT molecular complexity index is 417. The van der Waals surface area contributed by atoms with Crippen LogP contribution in [-0.4, -0.2) is 40.3 Å². The number of carbonyl (C=O) groups is 2. The van der Waals surface area contributed by atoms with Crippen molar-refractivity contribution in [2.24, 2.45) is 0 Å². The van der Waals surface area contributed by atoms with Gasteiger partial charge < -0.3 is 14.9 Å². The van der Waals surface area contributed by atoms with E-state index in [-0.39, 0.29) is 6.61 Å². The fourth-order valence-corrected chi connectivity index (χ4v) is 3.46. The summed E-state index contributed by atoms with van der Waals surface area (Å²) in [5, 5.41) is 19.1. The van der Waals surface area contributed by atoms with Gasteiger partial charge in [0.25, 0.3) is 0 Å². The summed E-state index contributed by atoms with van der Waals surface area (Å²) in [4.78, 5) is 23.4. The minimum absolute atomic E-state index is 0.195. The lowest BCUT2D eigenvalue weighted by atomic mass is 9.97. The topological polar surface area (TPSA) is 83.8 Å². The van der Waals surface area contributed by atoms with Crippen molar-refractivity contribution in [2.75, 3.05) is 6.61 Å². The number of hydrogen-bond donors (Lipinski definition) is 2. The third kappa shape index (κ3) is 14.6. The molecule has 2 atom stereocenters. The highest BCUT2D eigenvalue weighted by molar-refractivity contribution is 6.08. The smallest absolute Gasteiger partial charge is 0.345 e. The number of rotatable bonds is 20. The molecular formula is C24H46O5. The maximum Gasteiger partial charge on any atom is 0.345 e. The highest BCUT2D eigenvalue weighted by Gasteiger charge is 2.42. The van der Waals surface area contributed by atoms with Crippen LogP contribution in [0, 0.1) is 0 Å². The second-order valence-electron chi connectivity index (χ2n) is 8.55. The van der Waals surface area contributed by atoms with Gasteiger partial charge in [-0.15, -0.1) is 0 Å². The van der Waals surface area contributed by atoms with Crippen LogP contribution in [0.1, 0.15) is 124 Å². The molecule has 0 amide bonds. The van der Waals surface area contributed by atoms with Crippen molar-refractivity contribution in [1.29, 1.82) is 0 Å². The summed E-state index contributed by atoms with van der Waals surface area (Å²) in [6, 6.07) is 0. The largest absolute Gasteiger partial charge is 0.463 e. The van der Waals surface area contributed by atoms with Gasteiger partial charge in [0.1, 0.15) is 6.10 Å². The maximum absolute atomic E-state index is 11.8. The number of ether oxygens (including phenoxy) is 1. The minimum Gasteiger partial charge on any atom is -0.463 e. The Labute approximate surface area is 178 Å². The average molecular weight is 415 g/mol. The summed E-state index contributed by atoms with van der Waals surface area (Å²) in [7, 11) is 0. The van der Waals surface area contributed by atoms with Gasteiger partial charge in [-0.3, -0.25) is 4.79 Å². The molecule has 0 aliphatic heterocycles. The van der Waals surface area contributed by atoms with Crippen LogP contribution in [0.4, 0.5) is 0 Å². The van der Waals surface area contributed by atoms with Gasteiger partial charge in [0.05, 0.1) is 6.61 Å². The fourth-order valence-electron chi connectivity index (χ4n) is 3.46. The predicted molar refractivity (Wildman–Crippen MR) is 118 cm³/mol. The molecule has 0 aromatic carbocycles. The van der Waals surface area contributed by atoms with E-state index in [1.54, 1.807) is 0 Å². The molecule has 172 valence electrons. The van der Waals surface area contributed by atoms with E-state index in [1.807, 2.05) is 0 Å². The Balaban J connectivity index is 3.40. The average Bonchev–Trinajstić information content (AvgIpc) is 2.69. The second kappa shape index (κ2) is 17.9. The van der Waals surface area contributed by atoms with Gasteiger partial charge in [0.2, 0.25) is 11.4 Å². The monoisotopic (exact) mass is 414 g/mol. The van der Waals surface area contributed by atoms with Crippen molar-refractivity contribution in [2.45, 2.75) is 135 Å². The van der Waals surface area contributed by atoms with Crippen LogP contribution >= 0.6 is 0 Å². The van der Waals surface area contributed by atoms with Crippen LogP contribution in [0.5, 0.6) is 0 Å². The van der Waals surface area contributed by atoms with E-state index in [0.717, 1.165) is 26.2 Å². The lowest BCUT2D eigenvalue weighted by Gasteiger charge is -2.21. The molecule has 5 nitrogen and oxygen atoms in total. The highest BCUT2D eigenvalue weighted by atomic mass is 16.6. The van der Waals surface area contributed by atoms with E-state index < -0.39 is 23.5 Å². The van der Waals surface area contributed by atoms with Crippen molar-refractivity contribution < 1.29 is 24.5 Å². The van der Waals surface area contributed by atoms with Crippen molar-refractivity contribution in [1.82, 2.24) is 0 Å². The molecule has 0 aliphatic rings. The zero-order valence-corrected chi connectivity index (χ0v) is 19.2. The first-order chi connectivity index (χ1) is 13.8. The minimum atomic E-state index is -2.27. The molecule has 29 heavy (non-hydrogen) atoms. The molecular weight excluding hydrogens is 368 g/mol. The molecule has 5 heteroatoms. The van der Waals surface area contributed by atoms with E-state index in [2.05, 4.69) is 6.92 Å². The standard InChI is InChI=1S/C24H46O5/c1-4-5-6-7-8-9-10-11-12-13-14-15-16-17-18-19-20-29-23(27)24(3,28)22(26)21(2)25/h21,25,28H,4-20H2,1-3H3. The lowest BCUT2D eigenvalue weighted by Crippen LogP contribution is -2.49. The molecule has 0 spiro atoms. The van der Waals surface area contributed by atoms with E-state index in [9.17, 15) is 19.8 Å². The van der Waals surface area contributed by atoms with Crippen LogP contribution < -0.4 is 0 Å². The third-order valence-electron chi connectivity index (χ3n) is 5.49. The second-order valence-corrected chi connectivity index (χ2v) is 8.55. The van der Waals surface area contributed by atoms with Crippen LogP contribution in [0.3, 0.4) is 0 Å². The van der Waals surface area contributed by atoms with Crippen LogP contribution in [0.25, 0.3) is 0 Å². The lowest BCUT2D eigenvalue weighted by molar-refractivity contribution is -0.171. The molecule has 0 bridgehead atoms. The third-order valence-corrected chi connectivity index (χ3v) is 5.49. The van der Waals surface area contributed by atoms with Crippen LogP contribution in [-0.2, 0) is 14.3 Å². The Kier molecular flexibility index (Phi) is 17.3. The van der Waals surface area contributed by atoms with Gasteiger partial charge in [-0.2, -0.15) is 0 Å². The molecule has 0 heterocycles. The number of carbonyl (C=O) groups excluding carboxylic acids is 2. The summed E-state index contributed by atoms with van der Waals surface area (Å²) in [5.41, 5.74) is -2.27. The number of aliphatic hydroxyl groups excluding tert-OH is 1. The highest BCUT2D eigenvalue weighted by Crippen LogP contribution is 2.14. The SMILES string of the molecule is CCCCCCCCCCCCCCCCCCOC(=O)C(C)(O)C(=O)C(C)O. The molecule has 0 fully saturated rings. The van der Waals surface area contributed by atoms with Crippen molar-refractivity contribution >= 4 is 11.8 Å². The number of esters is 1. The number of ketones is 1. The summed E-state index contributed by atoms with van der Waals surface area (Å²) >= 11 is 0. The number of hydrogen-bond acceptors (Lipinski definition) is 5. The Morgan fingerprint density at radius 2 is 1.10 bits per heavy atom. The van der Waals surface area contributed by atoms with E-state index in [4.69, 9.17) is 4.74 Å². The molecule has 0 aromatic heterocycles.